The lowest BCUT2D eigenvalue weighted by Gasteiger charge is -2.11. The van der Waals surface area contributed by atoms with Crippen molar-refractivity contribution in [2.24, 2.45) is 0 Å². The SMILES string of the molecule is CC(Nc1cccc(N)n1)c1ncc[nH]1. The van der Waals surface area contributed by atoms with E-state index < -0.39 is 0 Å². The van der Waals surface area contributed by atoms with E-state index in [9.17, 15) is 0 Å². The van der Waals surface area contributed by atoms with Gasteiger partial charge >= 0.3 is 0 Å². The molecule has 1 atom stereocenters. The van der Waals surface area contributed by atoms with E-state index in [-0.39, 0.29) is 6.04 Å². The molecule has 4 N–H and O–H groups in total. The average Bonchev–Trinajstić information content (AvgIpc) is 2.70. The molecule has 1 unspecified atom stereocenters. The van der Waals surface area contributed by atoms with Crippen LogP contribution in [-0.4, -0.2) is 15.0 Å². The molecule has 0 aliphatic rings. The Kier molecular flexibility index (Phi) is 2.53. The average molecular weight is 203 g/mol. The summed E-state index contributed by atoms with van der Waals surface area (Å²) in [6, 6.07) is 5.56. The molecule has 5 heteroatoms. The van der Waals surface area contributed by atoms with Gasteiger partial charge in [0.2, 0.25) is 0 Å². The van der Waals surface area contributed by atoms with Crippen molar-refractivity contribution >= 4 is 11.6 Å². The van der Waals surface area contributed by atoms with Gasteiger partial charge in [-0.2, -0.15) is 0 Å². The smallest absolute Gasteiger partial charge is 0.128 e. The van der Waals surface area contributed by atoms with Crippen molar-refractivity contribution in [3.63, 3.8) is 0 Å². The third kappa shape index (κ3) is 2.25. The van der Waals surface area contributed by atoms with Crippen molar-refractivity contribution in [3.8, 4) is 0 Å². The van der Waals surface area contributed by atoms with Crippen LogP contribution in [0.2, 0.25) is 0 Å². The summed E-state index contributed by atoms with van der Waals surface area (Å²) in [5.41, 5.74) is 5.58. The number of H-pyrrole nitrogens is 1. The van der Waals surface area contributed by atoms with Crippen molar-refractivity contribution in [2.75, 3.05) is 11.1 Å². The van der Waals surface area contributed by atoms with Gasteiger partial charge < -0.3 is 16.0 Å². The molecule has 0 aliphatic heterocycles. The van der Waals surface area contributed by atoms with Crippen LogP contribution < -0.4 is 11.1 Å². The third-order valence-electron chi connectivity index (χ3n) is 2.06. The minimum atomic E-state index is 0.0781. The van der Waals surface area contributed by atoms with Gasteiger partial charge in [-0.3, -0.25) is 0 Å². The predicted octanol–water partition coefficient (Wildman–Crippen LogP) is 1.56. The molecular formula is C10H13N5. The van der Waals surface area contributed by atoms with Crippen LogP contribution in [0.3, 0.4) is 0 Å². The van der Waals surface area contributed by atoms with Crippen molar-refractivity contribution in [1.82, 2.24) is 15.0 Å². The standard InChI is InChI=1S/C10H13N5/c1-7(10-12-5-6-13-10)14-9-4-2-3-8(11)15-9/h2-7H,1H3,(H,12,13)(H3,11,14,15). The van der Waals surface area contributed by atoms with Crippen molar-refractivity contribution < 1.29 is 0 Å². The van der Waals surface area contributed by atoms with Gasteiger partial charge in [-0.15, -0.1) is 0 Å². The first-order chi connectivity index (χ1) is 7.25. The molecule has 2 heterocycles. The minimum absolute atomic E-state index is 0.0781. The maximum absolute atomic E-state index is 5.58. The number of imidazole rings is 1. The maximum Gasteiger partial charge on any atom is 0.128 e. The number of rotatable bonds is 3. The Labute approximate surface area is 87.8 Å². The van der Waals surface area contributed by atoms with E-state index in [1.807, 2.05) is 19.1 Å². The van der Waals surface area contributed by atoms with E-state index in [1.165, 1.54) is 0 Å². The fourth-order valence-corrected chi connectivity index (χ4v) is 1.34. The van der Waals surface area contributed by atoms with Crippen LogP contribution in [0.1, 0.15) is 18.8 Å². The van der Waals surface area contributed by atoms with Crippen molar-refractivity contribution in [1.29, 1.82) is 0 Å². The van der Waals surface area contributed by atoms with E-state index >= 15 is 0 Å². The van der Waals surface area contributed by atoms with Crippen molar-refractivity contribution in [3.05, 3.63) is 36.4 Å². The van der Waals surface area contributed by atoms with Crippen LogP contribution in [-0.2, 0) is 0 Å². The van der Waals surface area contributed by atoms with E-state index in [2.05, 4.69) is 20.3 Å². The van der Waals surface area contributed by atoms with E-state index in [0.29, 0.717) is 5.82 Å². The summed E-state index contributed by atoms with van der Waals surface area (Å²) < 4.78 is 0. The molecular weight excluding hydrogens is 190 g/mol. The Morgan fingerprint density at radius 2 is 2.33 bits per heavy atom. The zero-order chi connectivity index (χ0) is 10.7. The predicted molar refractivity (Wildman–Crippen MR) is 59.3 cm³/mol. The normalized spacial score (nSPS) is 12.3. The molecule has 2 aromatic rings. The first kappa shape index (κ1) is 9.51. The monoisotopic (exact) mass is 203 g/mol. The number of pyridine rings is 1. The highest BCUT2D eigenvalue weighted by Gasteiger charge is 2.07. The Morgan fingerprint density at radius 3 is 3.00 bits per heavy atom. The lowest BCUT2D eigenvalue weighted by molar-refractivity contribution is 0.804. The number of anilines is 2. The molecule has 0 spiro atoms. The van der Waals surface area contributed by atoms with Crippen LogP contribution in [0.15, 0.2) is 30.6 Å². The number of nitrogens with two attached hydrogens (primary N) is 1. The highest BCUT2D eigenvalue weighted by Crippen LogP contribution is 2.14. The molecule has 0 radical (unpaired) electrons. The van der Waals surface area contributed by atoms with Crippen LogP contribution in [0, 0.1) is 0 Å². The third-order valence-corrected chi connectivity index (χ3v) is 2.06. The lowest BCUT2D eigenvalue weighted by atomic mass is 10.3. The largest absolute Gasteiger partial charge is 0.384 e. The van der Waals surface area contributed by atoms with Gasteiger partial charge in [0.1, 0.15) is 17.5 Å². The number of hydrogen-bond donors (Lipinski definition) is 3. The van der Waals surface area contributed by atoms with E-state index in [1.54, 1.807) is 18.5 Å². The summed E-state index contributed by atoms with van der Waals surface area (Å²) in [5, 5.41) is 3.20. The fraction of sp³-hybridized carbons (Fsp3) is 0.200. The second-order valence-corrected chi connectivity index (χ2v) is 3.29. The quantitative estimate of drug-likeness (QED) is 0.707. The first-order valence-electron chi connectivity index (χ1n) is 4.74. The molecule has 2 aromatic heterocycles. The van der Waals surface area contributed by atoms with Gasteiger partial charge in [0, 0.05) is 12.4 Å². The van der Waals surface area contributed by atoms with Gasteiger partial charge in [-0.1, -0.05) is 6.07 Å². The molecule has 2 rings (SSSR count). The van der Waals surface area contributed by atoms with Gasteiger partial charge in [0.15, 0.2) is 0 Å². The fourth-order valence-electron chi connectivity index (χ4n) is 1.34. The number of hydrogen-bond acceptors (Lipinski definition) is 4. The maximum atomic E-state index is 5.58. The van der Waals surface area contributed by atoms with E-state index in [0.717, 1.165) is 11.6 Å². The molecule has 0 saturated heterocycles. The van der Waals surface area contributed by atoms with Gasteiger partial charge in [0.25, 0.3) is 0 Å². The number of nitrogens with one attached hydrogen (secondary N) is 2. The number of aromatic amines is 1. The highest BCUT2D eigenvalue weighted by molar-refractivity contribution is 5.43. The lowest BCUT2D eigenvalue weighted by Crippen LogP contribution is -2.09. The van der Waals surface area contributed by atoms with Crippen LogP contribution in [0.25, 0.3) is 0 Å². The summed E-state index contributed by atoms with van der Waals surface area (Å²) in [6.45, 7) is 2.00. The summed E-state index contributed by atoms with van der Waals surface area (Å²) in [7, 11) is 0. The van der Waals surface area contributed by atoms with Gasteiger partial charge in [-0.25, -0.2) is 9.97 Å². The topological polar surface area (TPSA) is 79.6 Å². The Bertz CT molecular complexity index is 423. The summed E-state index contributed by atoms with van der Waals surface area (Å²) in [6.07, 6.45) is 3.51. The second kappa shape index (κ2) is 4.00. The molecule has 0 bridgehead atoms. The molecule has 0 aromatic carbocycles. The summed E-state index contributed by atoms with van der Waals surface area (Å²) in [4.78, 5) is 11.3. The van der Waals surface area contributed by atoms with Crippen LogP contribution in [0.5, 0.6) is 0 Å². The van der Waals surface area contributed by atoms with Crippen LogP contribution >= 0.6 is 0 Å². The van der Waals surface area contributed by atoms with Crippen LogP contribution in [0.4, 0.5) is 11.6 Å². The van der Waals surface area contributed by atoms with Crippen molar-refractivity contribution in [2.45, 2.75) is 13.0 Å². The Hall–Kier alpha value is -2.04. The summed E-state index contributed by atoms with van der Waals surface area (Å²) in [5.74, 6) is 2.13. The zero-order valence-corrected chi connectivity index (χ0v) is 8.44. The highest BCUT2D eigenvalue weighted by atomic mass is 15.1. The Balaban J connectivity index is 2.09. The minimum Gasteiger partial charge on any atom is -0.384 e. The first-order valence-corrected chi connectivity index (χ1v) is 4.74. The molecule has 0 saturated carbocycles. The number of nitrogens with zero attached hydrogens (tertiary/aromatic N) is 2. The number of aromatic nitrogens is 3. The summed E-state index contributed by atoms with van der Waals surface area (Å²) >= 11 is 0. The Morgan fingerprint density at radius 1 is 1.47 bits per heavy atom. The zero-order valence-electron chi connectivity index (χ0n) is 8.44. The molecule has 78 valence electrons. The van der Waals surface area contributed by atoms with E-state index in [4.69, 9.17) is 5.73 Å². The number of nitrogen functional groups attached to an aromatic ring is 1. The molecule has 0 aliphatic carbocycles. The molecule has 5 nitrogen and oxygen atoms in total. The van der Waals surface area contributed by atoms with Gasteiger partial charge in [0.05, 0.1) is 6.04 Å². The molecule has 15 heavy (non-hydrogen) atoms. The molecule has 0 fully saturated rings. The molecule has 0 amide bonds. The second-order valence-electron chi connectivity index (χ2n) is 3.29. The van der Waals surface area contributed by atoms with Gasteiger partial charge in [-0.05, 0) is 19.1 Å².